The van der Waals surface area contributed by atoms with Gasteiger partial charge in [-0.1, -0.05) is 24.3 Å². The predicted molar refractivity (Wildman–Crippen MR) is 85.0 cm³/mol. The Hall–Kier alpha value is -1.78. The second-order valence-electron chi connectivity index (χ2n) is 5.37. The lowest BCUT2D eigenvalue weighted by Crippen LogP contribution is -2.12. The van der Waals surface area contributed by atoms with Crippen LogP contribution in [0.4, 0.5) is 4.39 Å². The van der Waals surface area contributed by atoms with E-state index in [1.807, 2.05) is 30.3 Å². The van der Waals surface area contributed by atoms with Crippen molar-refractivity contribution in [3.8, 4) is 10.6 Å². The van der Waals surface area contributed by atoms with Crippen molar-refractivity contribution in [1.82, 2.24) is 10.3 Å². The Morgan fingerprint density at radius 3 is 2.81 bits per heavy atom. The number of rotatable bonds is 2. The summed E-state index contributed by atoms with van der Waals surface area (Å²) in [5, 5.41) is 8.14. The van der Waals surface area contributed by atoms with Gasteiger partial charge >= 0.3 is 0 Å². The van der Waals surface area contributed by atoms with Gasteiger partial charge in [-0.25, -0.2) is 9.37 Å². The largest absolute Gasteiger partial charge is 0.309 e. The lowest BCUT2D eigenvalue weighted by Gasteiger charge is -2.06. The highest BCUT2D eigenvalue weighted by atomic mass is 32.1. The SMILES string of the molecule is Fc1ccc(-c2nc([C@@H]3CCCN3)cs2)c2ccccc12. The molecule has 0 saturated carbocycles. The Kier molecular flexibility index (Phi) is 3.20. The minimum atomic E-state index is -0.177. The fourth-order valence-electron chi connectivity index (χ4n) is 2.96. The number of halogens is 1. The van der Waals surface area contributed by atoms with E-state index in [0.717, 1.165) is 34.6 Å². The Bertz CT molecular complexity index is 790. The average Bonchev–Trinajstić information content (AvgIpc) is 3.19. The highest BCUT2D eigenvalue weighted by Gasteiger charge is 2.20. The molecule has 4 rings (SSSR count). The maximum absolute atomic E-state index is 13.9. The van der Waals surface area contributed by atoms with E-state index < -0.39 is 0 Å². The zero-order chi connectivity index (χ0) is 14.2. The van der Waals surface area contributed by atoms with E-state index in [4.69, 9.17) is 4.98 Å². The summed E-state index contributed by atoms with van der Waals surface area (Å²) in [5.74, 6) is -0.177. The molecule has 0 amide bonds. The highest BCUT2D eigenvalue weighted by molar-refractivity contribution is 7.13. The molecule has 0 spiro atoms. The quantitative estimate of drug-likeness (QED) is 0.752. The number of nitrogens with one attached hydrogen (secondary N) is 1. The predicted octanol–water partition coefficient (Wildman–Crippen LogP) is 4.53. The lowest BCUT2D eigenvalue weighted by molar-refractivity contribution is 0.632. The molecule has 21 heavy (non-hydrogen) atoms. The molecule has 1 aliphatic heterocycles. The zero-order valence-corrected chi connectivity index (χ0v) is 12.3. The average molecular weight is 298 g/mol. The fraction of sp³-hybridized carbons (Fsp3) is 0.235. The van der Waals surface area contributed by atoms with E-state index in [1.54, 1.807) is 11.3 Å². The molecule has 2 nitrogen and oxygen atoms in total. The summed E-state index contributed by atoms with van der Waals surface area (Å²) in [6, 6.07) is 11.3. The molecule has 1 aromatic heterocycles. The van der Waals surface area contributed by atoms with E-state index in [-0.39, 0.29) is 5.82 Å². The van der Waals surface area contributed by atoms with Gasteiger partial charge in [0.05, 0.1) is 11.7 Å². The smallest absolute Gasteiger partial charge is 0.131 e. The summed E-state index contributed by atoms with van der Waals surface area (Å²) in [5.41, 5.74) is 2.13. The van der Waals surface area contributed by atoms with Crippen LogP contribution in [0.15, 0.2) is 41.8 Å². The maximum Gasteiger partial charge on any atom is 0.131 e. The Morgan fingerprint density at radius 1 is 1.14 bits per heavy atom. The van der Waals surface area contributed by atoms with E-state index in [2.05, 4.69) is 10.7 Å². The molecule has 1 fully saturated rings. The molecule has 106 valence electrons. The fourth-order valence-corrected chi connectivity index (χ4v) is 3.87. The first kappa shape index (κ1) is 12.9. The second-order valence-corrected chi connectivity index (χ2v) is 6.23. The minimum Gasteiger partial charge on any atom is -0.309 e. The molecule has 0 radical (unpaired) electrons. The van der Waals surface area contributed by atoms with Crippen LogP contribution in [0.5, 0.6) is 0 Å². The zero-order valence-electron chi connectivity index (χ0n) is 11.5. The monoisotopic (exact) mass is 298 g/mol. The summed E-state index contributed by atoms with van der Waals surface area (Å²) in [7, 11) is 0. The normalized spacial score (nSPS) is 18.4. The summed E-state index contributed by atoms with van der Waals surface area (Å²) < 4.78 is 13.9. The van der Waals surface area contributed by atoms with Gasteiger partial charge in [-0.15, -0.1) is 11.3 Å². The number of hydrogen-bond donors (Lipinski definition) is 1. The molecule has 4 heteroatoms. The second kappa shape index (κ2) is 5.20. The van der Waals surface area contributed by atoms with E-state index >= 15 is 0 Å². The van der Waals surface area contributed by atoms with Crippen LogP contribution in [-0.2, 0) is 0 Å². The number of thiazole rings is 1. The van der Waals surface area contributed by atoms with Gasteiger partial charge in [0.25, 0.3) is 0 Å². The minimum absolute atomic E-state index is 0.177. The molecule has 0 unspecified atom stereocenters. The number of hydrogen-bond acceptors (Lipinski definition) is 3. The van der Waals surface area contributed by atoms with Crippen LogP contribution in [0.25, 0.3) is 21.3 Å². The van der Waals surface area contributed by atoms with Crippen LogP contribution in [-0.4, -0.2) is 11.5 Å². The molecule has 1 saturated heterocycles. The Balaban J connectivity index is 1.81. The number of nitrogens with zero attached hydrogens (tertiary/aromatic N) is 1. The summed E-state index contributed by atoms with van der Waals surface area (Å²) in [4.78, 5) is 4.78. The van der Waals surface area contributed by atoms with Crippen LogP contribution >= 0.6 is 11.3 Å². The van der Waals surface area contributed by atoms with Crippen LogP contribution < -0.4 is 5.32 Å². The van der Waals surface area contributed by atoms with Crippen molar-refractivity contribution in [3.63, 3.8) is 0 Å². The topological polar surface area (TPSA) is 24.9 Å². The molecule has 1 N–H and O–H groups in total. The van der Waals surface area contributed by atoms with E-state index in [1.165, 1.54) is 12.5 Å². The van der Waals surface area contributed by atoms with Gasteiger partial charge in [0.1, 0.15) is 10.8 Å². The molecule has 2 aromatic carbocycles. The highest BCUT2D eigenvalue weighted by Crippen LogP contribution is 2.34. The van der Waals surface area contributed by atoms with Gasteiger partial charge in [0, 0.05) is 16.3 Å². The molecule has 1 aliphatic rings. The standard InChI is InChI=1S/C17H15FN2S/c18-14-8-7-13(11-4-1-2-5-12(11)14)17-20-16(10-21-17)15-6-3-9-19-15/h1-2,4-5,7-8,10,15,19H,3,6,9H2/t15-/m0/s1. The molecule has 2 heterocycles. The Labute approximate surface area is 126 Å². The van der Waals surface area contributed by atoms with Crippen molar-refractivity contribution in [2.75, 3.05) is 6.54 Å². The molecule has 0 aliphatic carbocycles. The van der Waals surface area contributed by atoms with Gasteiger partial charge in [-0.3, -0.25) is 0 Å². The van der Waals surface area contributed by atoms with Crippen molar-refractivity contribution in [2.24, 2.45) is 0 Å². The van der Waals surface area contributed by atoms with Crippen molar-refractivity contribution in [3.05, 3.63) is 53.3 Å². The lowest BCUT2D eigenvalue weighted by atomic mass is 10.0. The van der Waals surface area contributed by atoms with Crippen molar-refractivity contribution >= 4 is 22.1 Å². The van der Waals surface area contributed by atoms with Gasteiger partial charge in [0.2, 0.25) is 0 Å². The first-order valence-electron chi connectivity index (χ1n) is 7.19. The van der Waals surface area contributed by atoms with Crippen molar-refractivity contribution < 1.29 is 4.39 Å². The van der Waals surface area contributed by atoms with E-state index in [0.29, 0.717) is 11.4 Å². The van der Waals surface area contributed by atoms with E-state index in [9.17, 15) is 4.39 Å². The molecule has 3 aromatic rings. The van der Waals surface area contributed by atoms with Crippen LogP contribution in [0.1, 0.15) is 24.6 Å². The summed E-state index contributed by atoms with van der Waals surface area (Å²) in [6.07, 6.45) is 2.35. The van der Waals surface area contributed by atoms with Gasteiger partial charge in [-0.2, -0.15) is 0 Å². The third-order valence-corrected chi connectivity index (χ3v) is 4.93. The first-order chi connectivity index (χ1) is 10.3. The molecular weight excluding hydrogens is 283 g/mol. The number of benzene rings is 2. The molecule has 1 atom stereocenters. The maximum atomic E-state index is 13.9. The van der Waals surface area contributed by atoms with Crippen molar-refractivity contribution in [1.29, 1.82) is 0 Å². The van der Waals surface area contributed by atoms with Crippen LogP contribution in [0.2, 0.25) is 0 Å². The Morgan fingerprint density at radius 2 is 2.00 bits per heavy atom. The molecular formula is C17H15FN2S. The third kappa shape index (κ3) is 2.24. The summed E-state index contributed by atoms with van der Waals surface area (Å²) >= 11 is 1.64. The van der Waals surface area contributed by atoms with Gasteiger partial charge < -0.3 is 5.32 Å². The van der Waals surface area contributed by atoms with Crippen LogP contribution in [0.3, 0.4) is 0 Å². The number of aromatic nitrogens is 1. The van der Waals surface area contributed by atoms with Crippen LogP contribution in [0, 0.1) is 5.82 Å². The van der Waals surface area contributed by atoms with Gasteiger partial charge in [0.15, 0.2) is 0 Å². The van der Waals surface area contributed by atoms with Crippen molar-refractivity contribution in [2.45, 2.75) is 18.9 Å². The first-order valence-corrected chi connectivity index (χ1v) is 8.07. The third-order valence-electron chi connectivity index (χ3n) is 4.04. The molecule has 0 bridgehead atoms. The summed E-state index contributed by atoms with van der Waals surface area (Å²) in [6.45, 7) is 1.07. The van der Waals surface area contributed by atoms with Gasteiger partial charge in [-0.05, 0) is 36.9 Å². The number of fused-ring (bicyclic) bond motifs is 1.